The van der Waals surface area contributed by atoms with Gasteiger partial charge in [-0.15, -0.1) is 0 Å². The number of aromatic nitrogens is 2. The van der Waals surface area contributed by atoms with E-state index >= 15 is 0 Å². The Balaban J connectivity index is 1.61. The normalized spacial score (nSPS) is 18.4. The number of carbonyl (C=O) groups is 1. The van der Waals surface area contributed by atoms with Crippen molar-refractivity contribution >= 4 is 23.2 Å². The lowest BCUT2D eigenvalue weighted by Crippen LogP contribution is -2.46. The second-order valence-electron chi connectivity index (χ2n) is 5.88. The minimum absolute atomic E-state index is 0.317. The Labute approximate surface area is 155 Å². The predicted molar refractivity (Wildman–Crippen MR) is 98.2 cm³/mol. The van der Waals surface area contributed by atoms with Crippen LogP contribution >= 0.6 is 11.6 Å². The smallest absolute Gasteiger partial charge is 0.269 e. The largest absolute Gasteiger partial charge is 0.482 e. The fourth-order valence-corrected chi connectivity index (χ4v) is 3.12. The van der Waals surface area contributed by atoms with Crippen LogP contribution in [0.3, 0.4) is 0 Å². The highest BCUT2D eigenvalue weighted by molar-refractivity contribution is 6.33. The van der Waals surface area contributed by atoms with Gasteiger partial charge in [0.25, 0.3) is 5.91 Å². The lowest BCUT2D eigenvalue weighted by Gasteiger charge is -2.31. The van der Waals surface area contributed by atoms with Crippen molar-refractivity contribution in [3.05, 3.63) is 65.9 Å². The minimum atomic E-state index is -0.783. The molecule has 0 radical (unpaired) electrons. The summed E-state index contributed by atoms with van der Waals surface area (Å²) in [5.74, 6) is 0.857. The van der Waals surface area contributed by atoms with Gasteiger partial charge in [0.1, 0.15) is 11.8 Å². The van der Waals surface area contributed by atoms with E-state index < -0.39 is 12.2 Å². The molecule has 2 atom stereocenters. The van der Waals surface area contributed by atoms with Crippen LogP contribution in [0.25, 0.3) is 5.69 Å². The van der Waals surface area contributed by atoms with E-state index in [1.54, 1.807) is 54.3 Å². The number of nitrogens with zero attached hydrogens (tertiary/aromatic N) is 2. The molecule has 2 aromatic carbocycles. The van der Waals surface area contributed by atoms with E-state index in [-0.39, 0.29) is 5.91 Å². The Bertz CT molecular complexity index is 943. The summed E-state index contributed by atoms with van der Waals surface area (Å²) in [6, 6.07) is 14.3. The molecular formula is C19H16ClN3O3. The summed E-state index contributed by atoms with van der Waals surface area (Å²) in [7, 11) is 0. The first kappa shape index (κ1) is 16.5. The Kier molecular flexibility index (Phi) is 4.26. The van der Waals surface area contributed by atoms with Gasteiger partial charge in [0.2, 0.25) is 6.10 Å². The highest BCUT2D eigenvalue weighted by atomic mass is 35.5. The van der Waals surface area contributed by atoms with Crippen molar-refractivity contribution in [3.63, 3.8) is 0 Å². The fraction of sp³-hybridized carbons (Fsp3) is 0.158. The zero-order chi connectivity index (χ0) is 18.1. The van der Waals surface area contributed by atoms with Crippen molar-refractivity contribution < 1.29 is 14.3 Å². The number of rotatable bonds is 3. The zero-order valence-corrected chi connectivity index (χ0v) is 14.7. The van der Waals surface area contributed by atoms with Gasteiger partial charge < -0.3 is 14.8 Å². The monoisotopic (exact) mass is 369 g/mol. The molecular weight excluding hydrogens is 354 g/mol. The first-order chi connectivity index (χ1) is 12.6. The first-order valence-corrected chi connectivity index (χ1v) is 8.53. The van der Waals surface area contributed by atoms with E-state index in [1.165, 1.54) is 0 Å². The summed E-state index contributed by atoms with van der Waals surface area (Å²) in [4.78, 5) is 12.8. The third-order valence-electron chi connectivity index (χ3n) is 4.08. The molecule has 6 nitrogen and oxygen atoms in total. The molecule has 132 valence electrons. The molecule has 4 rings (SSSR count). The Morgan fingerprint density at radius 2 is 1.88 bits per heavy atom. The van der Waals surface area contributed by atoms with Crippen LogP contribution in [-0.4, -0.2) is 27.9 Å². The Morgan fingerprint density at radius 1 is 1.12 bits per heavy atom. The molecule has 2 heterocycles. The van der Waals surface area contributed by atoms with Crippen molar-refractivity contribution in [2.24, 2.45) is 0 Å². The van der Waals surface area contributed by atoms with Crippen LogP contribution in [-0.2, 0) is 4.79 Å². The van der Waals surface area contributed by atoms with Crippen LogP contribution in [0.5, 0.6) is 11.5 Å². The first-order valence-electron chi connectivity index (χ1n) is 8.15. The second kappa shape index (κ2) is 6.72. The van der Waals surface area contributed by atoms with Gasteiger partial charge in [-0.25, -0.2) is 4.68 Å². The average molecular weight is 370 g/mol. The van der Waals surface area contributed by atoms with Gasteiger partial charge in [0.05, 0.1) is 10.7 Å². The van der Waals surface area contributed by atoms with Crippen molar-refractivity contribution in [2.75, 3.05) is 5.32 Å². The third kappa shape index (κ3) is 2.99. The van der Waals surface area contributed by atoms with Crippen molar-refractivity contribution in [1.82, 2.24) is 9.78 Å². The molecule has 1 amide bonds. The number of anilines is 1. The molecule has 1 aliphatic rings. The molecule has 0 unspecified atom stereocenters. The molecule has 0 saturated carbocycles. The number of nitrogens with one attached hydrogen (secondary N) is 1. The summed E-state index contributed by atoms with van der Waals surface area (Å²) in [5, 5.41) is 7.56. The molecule has 26 heavy (non-hydrogen) atoms. The summed E-state index contributed by atoms with van der Waals surface area (Å²) in [6.07, 6.45) is 2.19. The third-order valence-corrected chi connectivity index (χ3v) is 4.38. The average Bonchev–Trinajstić information content (AvgIpc) is 3.15. The topological polar surface area (TPSA) is 65.4 Å². The van der Waals surface area contributed by atoms with Crippen molar-refractivity contribution in [2.45, 2.75) is 19.1 Å². The number of benzene rings is 2. The highest BCUT2D eigenvalue weighted by Crippen LogP contribution is 2.34. The summed E-state index contributed by atoms with van der Waals surface area (Å²) in [5.41, 5.74) is 1.14. The van der Waals surface area contributed by atoms with Crippen LogP contribution in [0.1, 0.15) is 6.92 Å². The number of hydrogen-bond donors (Lipinski definition) is 1. The molecule has 0 fully saturated rings. The molecule has 1 N–H and O–H groups in total. The van der Waals surface area contributed by atoms with Gasteiger partial charge in [-0.2, -0.15) is 5.10 Å². The van der Waals surface area contributed by atoms with Crippen molar-refractivity contribution in [1.29, 1.82) is 0 Å². The Hall–Kier alpha value is -2.99. The van der Waals surface area contributed by atoms with Crippen LogP contribution in [0.4, 0.5) is 5.69 Å². The number of hydrogen-bond acceptors (Lipinski definition) is 4. The van der Waals surface area contributed by atoms with Gasteiger partial charge in [-0.1, -0.05) is 29.8 Å². The lowest BCUT2D eigenvalue weighted by molar-refractivity contribution is -0.128. The van der Waals surface area contributed by atoms with E-state index in [9.17, 15) is 4.79 Å². The summed E-state index contributed by atoms with van der Waals surface area (Å²) < 4.78 is 13.3. The predicted octanol–water partition coefficient (Wildman–Crippen LogP) is 3.69. The van der Waals surface area contributed by atoms with Crippen LogP contribution in [0.2, 0.25) is 5.02 Å². The summed E-state index contributed by atoms with van der Waals surface area (Å²) >= 11 is 6.32. The molecule has 1 aromatic heterocycles. The van der Waals surface area contributed by atoms with Gasteiger partial charge >= 0.3 is 0 Å². The maximum atomic E-state index is 12.8. The molecule has 0 saturated heterocycles. The van der Waals surface area contributed by atoms with E-state index in [2.05, 4.69) is 10.4 Å². The summed E-state index contributed by atoms with van der Waals surface area (Å²) in [6.45, 7) is 1.80. The number of para-hydroxylation sites is 3. The van der Waals surface area contributed by atoms with Crippen LogP contribution in [0.15, 0.2) is 60.9 Å². The minimum Gasteiger partial charge on any atom is -0.482 e. The van der Waals surface area contributed by atoms with Gasteiger partial charge in [-0.05, 0) is 37.3 Å². The quantitative estimate of drug-likeness (QED) is 0.764. The highest BCUT2D eigenvalue weighted by Gasteiger charge is 2.34. The van der Waals surface area contributed by atoms with Crippen LogP contribution < -0.4 is 14.8 Å². The lowest BCUT2D eigenvalue weighted by atomic mass is 10.1. The molecule has 0 aliphatic carbocycles. The second-order valence-corrected chi connectivity index (χ2v) is 6.29. The number of ether oxygens (including phenoxy) is 2. The number of amides is 1. The molecule has 7 heteroatoms. The molecule has 0 bridgehead atoms. The van der Waals surface area contributed by atoms with Crippen molar-refractivity contribution in [3.8, 4) is 17.2 Å². The number of halogens is 1. The van der Waals surface area contributed by atoms with E-state index in [4.69, 9.17) is 21.1 Å². The standard InChI is InChI=1S/C19H16ClN3O3/c1-12-18(26-16-9-3-2-8-15(16)25-12)19(24)22-14-7-4-6-13(20)17(14)23-11-5-10-21-23/h2-12,18H,1H3,(H,22,24)/t12-,18+/m1/s1. The molecule has 0 spiro atoms. The zero-order valence-electron chi connectivity index (χ0n) is 13.9. The van der Waals surface area contributed by atoms with Gasteiger partial charge in [0, 0.05) is 12.4 Å². The maximum Gasteiger partial charge on any atom is 0.269 e. The van der Waals surface area contributed by atoms with Crippen LogP contribution in [0, 0.1) is 0 Å². The maximum absolute atomic E-state index is 12.8. The molecule has 3 aromatic rings. The Morgan fingerprint density at radius 3 is 2.62 bits per heavy atom. The SMILES string of the molecule is C[C@H]1Oc2ccccc2O[C@@H]1C(=O)Nc1cccc(Cl)c1-n1cccn1. The van der Waals surface area contributed by atoms with E-state index in [0.717, 1.165) is 0 Å². The molecule has 1 aliphatic heterocycles. The number of fused-ring (bicyclic) bond motifs is 1. The van der Waals surface area contributed by atoms with E-state index in [0.29, 0.717) is 27.9 Å². The van der Waals surface area contributed by atoms with Gasteiger partial charge in [-0.3, -0.25) is 4.79 Å². The number of carbonyl (C=O) groups excluding carboxylic acids is 1. The fourth-order valence-electron chi connectivity index (χ4n) is 2.86. The van der Waals surface area contributed by atoms with Gasteiger partial charge in [0.15, 0.2) is 11.5 Å². The van der Waals surface area contributed by atoms with E-state index in [1.807, 2.05) is 18.2 Å².